The van der Waals surface area contributed by atoms with Gasteiger partial charge in [-0.1, -0.05) is 35.0 Å². The van der Waals surface area contributed by atoms with Crippen molar-refractivity contribution in [3.8, 4) is 11.4 Å². The summed E-state index contributed by atoms with van der Waals surface area (Å²) in [7, 11) is 0. The van der Waals surface area contributed by atoms with Crippen LogP contribution in [-0.4, -0.2) is 15.3 Å². The Morgan fingerprint density at radius 2 is 2.12 bits per heavy atom. The van der Waals surface area contributed by atoms with E-state index >= 15 is 0 Å². The lowest BCUT2D eigenvalue weighted by molar-refractivity contribution is -0.115. The van der Waals surface area contributed by atoms with Crippen LogP contribution in [0.3, 0.4) is 0 Å². The van der Waals surface area contributed by atoms with Gasteiger partial charge in [-0.2, -0.15) is 9.36 Å². The molecule has 1 amide bonds. The number of aromatic nitrogens is 2. The summed E-state index contributed by atoms with van der Waals surface area (Å²) in [5.41, 5.74) is 0.932. The van der Waals surface area contributed by atoms with E-state index in [1.165, 1.54) is 11.5 Å². The van der Waals surface area contributed by atoms with Crippen LogP contribution >= 0.6 is 27.5 Å². The second-order valence-corrected chi connectivity index (χ2v) is 5.00. The summed E-state index contributed by atoms with van der Waals surface area (Å²) in [4.78, 5) is 15.5. The molecule has 17 heavy (non-hydrogen) atoms. The van der Waals surface area contributed by atoms with Gasteiger partial charge in [0.25, 0.3) is 0 Å². The molecule has 0 radical (unpaired) electrons. The molecule has 1 N–H and O–H groups in total. The molecule has 4 nitrogen and oxygen atoms in total. The Balaban J connectivity index is 2.18. The van der Waals surface area contributed by atoms with Crippen LogP contribution in [0.4, 0.5) is 5.13 Å². The van der Waals surface area contributed by atoms with Gasteiger partial charge in [0, 0.05) is 28.0 Å². The Bertz CT molecular complexity index is 524. The second kappa shape index (κ2) is 5.37. The topological polar surface area (TPSA) is 54.9 Å². The molecule has 0 fully saturated rings. The number of halogens is 1. The quantitative estimate of drug-likeness (QED) is 0.946. The third kappa shape index (κ3) is 3.10. The van der Waals surface area contributed by atoms with Crippen LogP contribution in [0, 0.1) is 0 Å². The predicted octanol–water partition coefficient (Wildman–Crippen LogP) is 3.32. The van der Waals surface area contributed by atoms with E-state index in [1.807, 2.05) is 24.3 Å². The minimum absolute atomic E-state index is 0.0523. The zero-order valence-corrected chi connectivity index (χ0v) is 11.5. The van der Waals surface area contributed by atoms with Crippen molar-refractivity contribution in [2.75, 3.05) is 5.32 Å². The van der Waals surface area contributed by atoms with Gasteiger partial charge in [-0.15, -0.1) is 0 Å². The predicted molar refractivity (Wildman–Crippen MR) is 72.0 cm³/mol. The highest BCUT2D eigenvalue weighted by molar-refractivity contribution is 9.10. The first-order valence-electron chi connectivity index (χ1n) is 5.08. The molecule has 1 aromatic carbocycles. The molecule has 2 aromatic rings. The third-order valence-electron chi connectivity index (χ3n) is 2.10. The van der Waals surface area contributed by atoms with Crippen LogP contribution in [0.5, 0.6) is 0 Å². The average Bonchev–Trinajstić information content (AvgIpc) is 2.78. The average molecular weight is 312 g/mol. The lowest BCUT2D eigenvalue weighted by Crippen LogP contribution is -2.08. The lowest BCUT2D eigenvalue weighted by atomic mass is 10.2. The highest BCUT2D eigenvalue weighted by atomic mass is 79.9. The fourth-order valence-corrected chi connectivity index (χ4v) is 2.07. The van der Waals surface area contributed by atoms with E-state index in [1.54, 1.807) is 6.92 Å². The van der Waals surface area contributed by atoms with Gasteiger partial charge in [-0.3, -0.25) is 4.79 Å². The number of carbonyl (C=O) groups is 1. The number of amides is 1. The smallest absolute Gasteiger partial charge is 0.225 e. The van der Waals surface area contributed by atoms with Crippen LogP contribution in [0.1, 0.15) is 13.3 Å². The molecule has 1 heterocycles. The Morgan fingerprint density at radius 1 is 1.41 bits per heavy atom. The monoisotopic (exact) mass is 311 g/mol. The van der Waals surface area contributed by atoms with Gasteiger partial charge in [0.15, 0.2) is 5.82 Å². The number of hydrogen-bond acceptors (Lipinski definition) is 4. The number of nitrogens with one attached hydrogen (secondary N) is 1. The molecule has 0 aliphatic heterocycles. The number of hydrogen-bond donors (Lipinski definition) is 1. The van der Waals surface area contributed by atoms with Crippen molar-refractivity contribution in [1.29, 1.82) is 0 Å². The minimum Gasteiger partial charge on any atom is -0.301 e. The van der Waals surface area contributed by atoms with Gasteiger partial charge in [0.1, 0.15) is 0 Å². The Labute approximate surface area is 111 Å². The number of carbonyl (C=O) groups excluding carboxylic acids is 1. The molecule has 0 saturated heterocycles. The van der Waals surface area contributed by atoms with E-state index in [4.69, 9.17) is 0 Å². The molecular formula is C11H10BrN3OS. The van der Waals surface area contributed by atoms with E-state index in [0.717, 1.165) is 10.0 Å². The molecule has 0 aliphatic carbocycles. The standard InChI is InChI=1S/C11H10BrN3OS/c1-2-9(16)13-11-14-10(15-17-11)7-3-5-8(12)6-4-7/h3-6H,2H2,1H3,(H,13,14,15,16). The molecule has 0 unspecified atom stereocenters. The van der Waals surface area contributed by atoms with Crippen LogP contribution in [0.2, 0.25) is 0 Å². The van der Waals surface area contributed by atoms with Gasteiger partial charge in [-0.05, 0) is 12.1 Å². The van der Waals surface area contributed by atoms with Crippen molar-refractivity contribution in [2.45, 2.75) is 13.3 Å². The van der Waals surface area contributed by atoms with Crippen molar-refractivity contribution in [2.24, 2.45) is 0 Å². The summed E-state index contributed by atoms with van der Waals surface area (Å²) in [5, 5.41) is 3.23. The Kier molecular flexibility index (Phi) is 3.86. The highest BCUT2D eigenvalue weighted by Gasteiger charge is 2.08. The fraction of sp³-hybridized carbons (Fsp3) is 0.182. The van der Waals surface area contributed by atoms with Gasteiger partial charge in [0.2, 0.25) is 11.0 Å². The van der Waals surface area contributed by atoms with Crippen molar-refractivity contribution in [3.63, 3.8) is 0 Å². The molecule has 0 spiro atoms. The summed E-state index contributed by atoms with van der Waals surface area (Å²) in [6, 6.07) is 7.72. The molecule has 2 rings (SSSR count). The van der Waals surface area contributed by atoms with Gasteiger partial charge in [0.05, 0.1) is 0 Å². The molecule has 0 atom stereocenters. The van der Waals surface area contributed by atoms with E-state index in [2.05, 4.69) is 30.6 Å². The molecule has 0 aliphatic rings. The zero-order chi connectivity index (χ0) is 12.3. The molecule has 88 valence electrons. The van der Waals surface area contributed by atoms with Crippen molar-refractivity contribution in [1.82, 2.24) is 9.36 Å². The molecular weight excluding hydrogens is 302 g/mol. The highest BCUT2D eigenvalue weighted by Crippen LogP contribution is 2.22. The van der Waals surface area contributed by atoms with Crippen LogP contribution in [-0.2, 0) is 4.79 Å². The number of rotatable bonds is 3. The zero-order valence-electron chi connectivity index (χ0n) is 9.11. The second-order valence-electron chi connectivity index (χ2n) is 3.33. The summed E-state index contributed by atoms with van der Waals surface area (Å²) < 4.78 is 5.21. The number of benzene rings is 1. The van der Waals surface area contributed by atoms with Crippen LogP contribution < -0.4 is 5.32 Å². The van der Waals surface area contributed by atoms with Gasteiger partial charge >= 0.3 is 0 Å². The normalized spacial score (nSPS) is 10.2. The molecule has 0 saturated carbocycles. The van der Waals surface area contributed by atoms with E-state index in [0.29, 0.717) is 17.4 Å². The van der Waals surface area contributed by atoms with Gasteiger partial charge in [-0.25, -0.2) is 0 Å². The Morgan fingerprint density at radius 3 is 2.76 bits per heavy atom. The number of anilines is 1. The third-order valence-corrected chi connectivity index (χ3v) is 3.26. The molecule has 0 bridgehead atoms. The first-order chi connectivity index (χ1) is 8.19. The van der Waals surface area contributed by atoms with Crippen LogP contribution in [0.25, 0.3) is 11.4 Å². The molecule has 6 heteroatoms. The number of nitrogens with zero attached hydrogens (tertiary/aromatic N) is 2. The fourth-order valence-electron chi connectivity index (χ4n) is 1.20. The van der Waals surface area contributed by atoms with E-state index in [9.17, 15) is 4.79 Å². The summed E-state index contributed by atoms with van der Waals surface area (Å²) >= 11 is 4.56. The van der Waals surface area contributed by atoms with Crippen molar-refractivity contribution in [3.05, 3.63) is 28.7 Å². The maximum absolute atomic E-state index is 11.2. The van der Waals surface area contributed by atoms with Gasteiger partial charge < -0.3 is 5.32 Å². The van der Waals surface area contributed by atoms with Crippen molar-refractivity contribution < 1.29 is 4.79 Å². The summed E-state index contributed by atoms with van der Waals surface area (Å²) in [6.07, 6.45) is 0.438. The minimum atomic E-state index is -0.0523. The first-order valence-corrected chi connectivity index (χ1v) is 6.65. The van der Waals surface area contributed by atoms with Crippen molar-refractivity contribution >= 4 is 38.5 Å². The summed E-state index contributed by atoms with van der Waals surface area (Å²) in [5.74, 6) is 0.581. The molecule has 1 aromatic heterocycles. The maximum Gasteiger partial charge on any atom is 0.225 e. The Hall–Kier alpha value is -1.27. The first kappa shape index (κ1) is 12.2. The maximum atomic E-state index is 11.2. The van der Waals surface area contributed by atoms with Crippen LogP contribution in [0.15, 0.2) is 28.7 Å². The SMILES string of the molecule is CCC(=O)Nc1nc(-c2ccc(Br)cc2)ns1. The lowest BCUT2D eigenvalue weighted by Gasteiger charge is -1.96. The van der Waals surface area contributed by atoms with E-state index < -0.39 is 0 Å². The summed E-state index contributed by atoms with van der Waals surface area (Å²) in [6.45, 7) is 1.80. The van der Waals surface area contributed by atoms with E-state index in [-0.39, 0.29) is 5.91 Å². The largest absolute Gasteiger partial charge is 0.301 e.